The Balaban J connectivity index is 1.78. The minimum Gasteiger partial charge on any atom is -0.393 e. The molecule has 2 aromatic rings. The van der Waals surface area contributed by atoms with Gasteiger partial charge in [-0.2, -0.15) is 4.98 Å². The van der Waals surface area contributed by atoms with Gasteiger partial charge in [-0.15, -0.1) is 4.70 Å². The van der Waals surface area contributed by atoms with Gasteiger partial charge in [0.15, 0.2) is 13.1 Å². The largest absolute Gasteiger partial charge is 0.393 e. The van der Waals surface area contributed by atoms with Crippen LogP contribution in [0.4, 0.5) is 11.8 Å². The molecule has 0 bridgehead atoms. The minimum atomic E-state index is -0.291. The van der Waals surface area contributed by atoms with Crippen molar-refractivity contribution in [3.8, 4) is 0 Å². The zero-order chi connectivity index (χ0) is 20.5. The lowest BCUT2D eigenvalue weighted by Gasteiger charge is -2.13. The average molecular weight is 398 g/mol. The van der Waals surface area contributed by atoms with Gasteiger partial charge >= 0.3 is 0 Å². The Kier molecular flexibility index (Phi) is 7.57. The zero-order valence-corrected chi connectivity index (χ0v) is 16.7. The number of unbranched alkanes of at least 4 members (excludes halogenated alkanes) is 1. The molecule has 0 saturated carbocycles. The number of pyridine rings is 1. The van der Waals surface area contributed by atoms with E-state index in [4.69, 9.17) is 0 Å². The summed E-state index contributed by atoms with van der Waals surface area (Å²) >= 11 is 0. The van der Waals surface area contributed by atoms with Crippen LogP contribution < -0.4 is 10.6 Å². The molecule has 0 aromatic carbocycles. The number of aliphatic hydroxyl groups is 1. The summed E-state index contributed by atoms with van der Waals surface area (Å²) in [7, 11) is 0. The van der Waals surface area contributed by atoms with Gasteiger partial charge in [0.2, 0.25) is 11.8 Å². The van der Waals surface area contributed by atoms with E-state index in [1.54, 1.807) is 12.4 Å². The molecule has 0 spiro atoms. The van der Waals surface area contributed by atoms with Gasteiger partial charge < -0.3 is 15.7 Å². The quantitative estimate of drug-likeness (QED) is 0.464. The number of aromatic nitrogens is 3. The first-order valence-electron chi connectivity index (χ1n) is 10.1. The maximum atomic E-state index is 12.8. The molecule has 29 heavy (non-hydrogen) atoms. The number of azo groups is 2. The first-order chi connectivity index (χ1) is 14.2. The summed E-state index contributed by atoms with van der Waals surface area (Å²) in [5.41, 5.74) is 1.28. The van der Waals surface area contributed by atoms with Crippen molar-refractivity contribution in [1.82, 2.24) is 20.3 Å². The number of carbonyl (C=O) groups excluding carboxylic acids is 1. The molecule has 1 fully saturated rings. The number of amides is 1. The van der Waals surface area contributed by atoms with E-state index in [1.807, 2.05) is 16.8 Å². The van der Waals surface area contributed by atoms with Gasteiger partial charge in [-0.1, -0.05) is 13.3 Å². The third kappa shape index (κ3) is 6.28. The van der Waals surface area contributed by atoms with Gasteiger partial charge in [0.25, 0.3) is 5.91 Å². The Labute approximate surface area is 170 Å². The third-order valence-electron chi connectivity index (χ3n) is 4.71. The fourth-order valence-corrected chi connectivity index (χ4v) is 2.94. The molecular weight excluding hydrogens is 370 g/mol. The molecule has 0 radical (unpaired) electrons. The molecule has 3 N–H and O–H groups in total. The summed E-state index contributed by atoms with van der Waals surface area (Å²) in [5.74, 6) is 0.514. The number of rotatable bonds is 8. The first-order valence-corrected chi connectivity index (χ1v) is 10.1. The fraction of sp³-hybridized carbons (Fsp3) is 0.500. The number of nitrogens with one attached hydrogen (secondary N) is 2. The fourth-order valence-electron chi connectivity index (χ4n) is 2.94. The van der Waals surface area contributed by atoms with E-state index in [2.05, 4.69) is 37.6 Å². The van der Waals surface area contributed by atoms with Crippen molar-refractivity contribution in [2.24, 2.45) is 5.11 Å². The van der Waals surface area contributed by atoms with Crippen LogP contribution >= 0.6 is 0 Å². The highest BCUT2D eigenvalue weighted by Gasteiger charge is 2.23. The van der Waals surface area contributed by atoms with E-state index in [-0.39, 0.29) is 12.0 Å². The maximum Gasteiger partial charge on any atom is 0.257 e. The number of nitrogens with zero attached hydrogens (tertiary/aromatic N) is 5. The number of hydrogen-bond acceptors (Lipinski definition) is 7. The smallest absolute Gasteiger partial charge is 0.257 e. The molecule has 3 rings (SSSR count). The van der Waals surface area contributed by atoms with E-state index < -0.39 is 0 Å². The first kappa shape index (κ1) is 20.8. The molecule has 0 unspecified atom stereocenters. The molecule has 1 aliphatic rings. The summed E-state index contributed by atoms with van der Waals surface area (Å²) in [6.45, 7) is 4.51. The summed E-state index contributed by atoms with van der Waals surface area (Å²) in [6.07, 6.45) is 7.98. The lowest BCUT2D eigenvalue weighted by molar-refractivity contribution is -0.601. The molecule has 3 heterocycles. The zero-order valence-electron chi connectivity index (χ0n) is 16.7. The van der Waals surface area contributed by atoms with Crippen LogP contribution in [0.3, 0.4) is 0 Å². The molecule has 154 valence electrons. The van der Waals surface area contributed by atoms with Crippen molar-refractivity contribution < 1.29 is 14.6 Å². The highest BCUT2D eigenvalue weighted by molar-refractivity contribution is 5.97. The van der Waals surface area contributed by atoms with Crippen LogP contribution in [0.25, 0.3) is 0 Å². The van der Waals surface area contributed by atoms with Gasteiger partial charge in [0.05, 0.1) is 6.10 Å². The van der Waals surface area contributed by atoms with Gasteiger partial charge in [-0.25, -0.2) is 4.98 Å². The van der Waals surface area contributed by atoms with Crippen LogP contribution in [-0.2, 0) is 6.54 Å². The van der Waals surface area contributed by atoms with Crippen LogP contribution in [-0.4, -0.2) is 56.4 Å². The van der Waals surface area contributed by atoms with Crippen molar-refractivity contribution in [2.45, 2.75) is 45.3 Å². The Bertz CT molecular complexity index is 832. The molecule has 0 aliphatic carbocycles. The molecule has 1 saturated heterocycles. The Morgan fingerprint density at radius 2 is 2.07 bits per heavy atom. The van der Waals surface area contributed by atoms with Gasteiger partial charge in [0.1, 0.15) is 5.56 Å². The SMILES string of the molecule is CCCCNc1ncc(C(=O)NCc2ccncc2)c(N=[N+]2CCC(O)CC2)n1. The average Bonchev–Trinajstić information content (AvgIpc) is 2.75. The second-order valence-electron chi connectivity index (χ2n) is 7.03. The van der Waals surface area contributed by atoms with Crippen LogP contribution in [0.2, 0.25) is 0 Å². The van der Waals surface area contributed by atoms with E-state index in [9.17, 15) is 9.90 Å². The second-order valence-corrected chi connectivity index (χ2v) is 7.03. The monoisotopic (exact) mass is 398 g/mol. The second kappa shape index (κ2) is 10.6. The number of piperidine rings is 1. The van der Waals surface area contributed by atoms with E-state index >= 15 is 0 Å². The lowest BCUT2D eigenvalue weighted by Crippen LogP contribution is -2.28. The number of aliphatic hydroxyl groups excluding tert-OH is 1. The van der Waals surface area contributed by atoms with E-state index in [0.717, 1.165) is 24.9 Å². The van der Waals surface area contributed by atoms with Crippen LogP contribution in [0.15, 0.2) is 35.8 Å². The highest BCUT2D eigenvalue weighted by Crippen LogP contribution is 2.19. The highest BCUT2D eigenvalue weighted by atomic mass is 16.3. The standard InChI is InChI=1S/C20H27N7O2/c1-2-3-8-22-20-24-14-17(19(29)23-13-15-4-9-21-10-5-15)18(25-20)26-27-11-6-16(28)7-12-27/h4-5,9-10,14,16,28H,2-3,6-8,11-13H2,1H3,(H-,22,23,24,25,29)/p+1. The van der Waals surface area contributed by atoms with Crippen molar-refractivity contribution in [1.29, 1.82) is 0 Å². The van der Waals surface area contributed by atoms with Crippen molar-refractivity contribution in [2.75, 3.05) is 25.0 Å². The maximum absolute atomic E-state index is 12.8. The Morgan fingerprint density at radius 1 is 1.31 bits per heavy atom. The molecule has 1 aliphatic heterocycles. The molecule has 9 heteroatoms. The summed E-state index contributed by atoms with van der Waals surface area (Å²) in [5, 5.41) is 20.3. The predicted molar refractivity (Wildman–Crippen MR) is 108 cm³/mol. The molecule has 9 nitrogen and oxygen atoms in total. The van der Waals surface area contributed by atoms with E-state index in [1.165, 1.54) is 6.20 Å². The number of carbonyl (C=O) groups is 1. The summed E-state index contributed by atoms with van der Waals surface area (Å²) in [4.78, 5) is 25.5. The van der Waals surface area contributed by atoms with Crippen LogP contribution in [0.1, 0.15) is 48.5 Å². The van der Waals surface area contributed by atoms with Gasteiger partial charge in [0, 0.05) is 49.6 Å². The van der Waals surface area contributed by atoms with Crippen molar-refractivity contribution >= 4 is 17.7 Å². The van der Waals surface area contributed by atoms with Gasteiger partial charge in [-0.05, 0) is 24.1 Å². The summed E-state index contributed by atoms with van der Waals surface area (Å²) in [6, 6.07) is 3.70. The Morgan fingerprint density at radius 3 is 2.79 bits per heavy atom. The lowest BCUT2D eigenvalue weighted by atomic mass is 10.1. The van der Waals surface area contributed by atoms with E-state index in [0.29, 0.717) is 49.8 Å². The van der Waals surface area contributed by atoms with Crippen molar-refractivity contribution in [3.05, 3.63) is 41.9 Å². The molecular formula is C20H28N7O2+. The summed E-state index contributed by atoms with van der Waals surface area (Å²) < 4.78 is 1.85. The topological polar surface area (TPSA) is 115 Å². The normalized spacial score (nSPS) is 16.3. The molecule has 2 aromatic heterocycles. The Hall–Kier alpha value is -2.94. The molecule has 1 amide bonds. The third-order valence-corrected chi connectivity index (χ3v) is 4.71. The predicted octanol–water partition coefficient (Wildman–Crippen LogP) is 2.26. The number of hydrogen-bond donors (Lipinski definition) is 3. The van der Waals surface area contributed by atoms with Crippen LogP contribution in [0.5, 0.6) is 0 Å². The van der Waals surface area contributed by atoms with Gasteiger partial charge in [-0.3, -0.25) is 9.78 Å². The van der Waals surface area contributed by atoms with Crippen molar-refractivity contribution in [3.63, 3.8) is 0 Å². The van der Waals surface area contributed by atoms with Crippen LogP contribution in [0, 0.1) is 0 Å². The minimum absolute atomic E-state index is 0.280. The molecule has 0 atom stereocenters. The number of anilines is 1.